The third kappa shape index (κ3) is 1.51. The van der Waals surface area contributed by atoms with Crippen molar-refractivity contribution in [3.63, 3.8) is 0 Å². The van der Waals surface area contributed by atoms with Gasteiger partial charge in [0.1, 0.15) is 0 Å². The van der Waals surface area contributed by atoms with Crippen LogP contribution in [0.3, 0.4) is 0 Å². The van der Waals surface area contributed by atoms with Crippen LogP contribution in [-0.4, -0.2) is 27.5 Å². The minimum Gasteiger partial charge on any atom is -0.316 e. The fraction of sp³-hybridized carbons (Fsp3) is 0.455. The van der Waals surface area contributed by atoms with Crippen molar-refractivity contribution in [3.8, 4) is 0 Å². The highest BCUT2D eigenvalue weighted by atomic mass is 15.1. The molecule has 1 fully saturated rings. The van der Waals surface area contributed by atoms with E-state index in [-0.39, 0.29) is 0 Å². The van der Waals surface area contributed by atoms with Crippen LogP contribution >= 0.6 is 0 Å². The highest BCUT2D eigenvalue weighted by molar-refractivity contribution is 5.32. The van der Waals surface area contributed by atoms with Gasteiger partial charge in [0.05, 0.1) is 6.20 Å². The Morgan fingerprint density at radius 1 is 1.40 bits per heavy atom. The molecule has 2 aromatic rings. The Balaban J connectivity index is 2.02. The summed E-state index contributed by atoms with van der Waals surface area (Å²) in [5.41, 5.74) is 1.28. The number of piperidine rings is 1. The first kappa shape index (κ1) is 8.85. The predicted molar refractivity (Wildman–Crippen MR) is 57.8 cm³/mol. The van der Waals surface area contributed by atoms with E-state index in [9.17, 15) is 0 Å². The van der Waals surface area contributed by atoms with E-state index in [0.29, 0.717) is 5.92 Å². The Hall–Kier alpha value is -1.42. The topological polar surface area (TPSA) is 42.2 Å². The van der Waals surface area contributed by atoms with Gasteiger partial charge in [-0.3, -0.25) is 4.40 Å². The number of aromatic nitrogens is 3. The monoisotopic (exact) mass is 202 g/mol. The molecule has 4 nitrogen and oxygen atoms in total. The second-order valence-corrected chi connectivity index (χ2v) is 4.02. The lowest BCUT2D eigenvalue weighted by Gasteiger charge is -2.22. The van der Waals surface area contributed by atoms with E-state index in [4.69, 9.17) is 0 Å². The van der Waals surface area contributed by atoms with Gasteiger partial charge in [-0.15, -0.1) is 0 Å². The number of rotatable bonds is 1. The standard InChI is InChI=1S/C11H14N4/c1-3-9(7-12-4-1)10-8-14-11-13-5-2-6-15(10)11/h2,5-6,8-9,12H,1,3-4,7H2. The Morgan fingerprint density at radius 2 is 2.40 bits per heavy atom. The molecule has 0 bridgehead atoms. The molecule has 1 saturated heterocycles. The lowest BCUT2D eigenvalue weighted by Crippen LogP contribution is -2.28. The molecule has 3 rings (SSSR count). The lowest BCUT2D eigenvalue weighted by molar-refractivity contribution is 0.453. The molecular formula is C11H14N4. The van der Waals surface area contributed by atoms with Crippen LogP contribution in [0.1, 0.15) is 24.5 Å². The molecule has 0 radical (unpaired) electrons. The minimum atomic E-state index is 0.581. The molecule has 1 aliphatic rings. The van der Waals surface area contributed by atoms with Crippen LogP contribution in [-0.2, 0) is 0 Å². The number of fused-ring (bicyclic) bond motifs is 1. The van der Waals surface area contributed by atoms with Crippen molar-refractivity contribution in [2.75, 3.05) is 13.1 Å². The van der Waals surface area contributed by atoms with Crippen LogP contribution in [0.5, 0.6) is 0 Å². The summed E-state index contributed by atoms with van der Waals surface area (Å²) in [5, 5.41) is 3.43. The average molecular weight is 202 g/mol. The van der Waals surface area contributed by atoms with Crippen LogP contribution in [0.25, 0.3) is 5.78 Å². The Kier molecular flexibility index (Phi) is 2.14. The molecule has 0 aliphatic carbocycles. The molecule has 1 N–H and O–H groups in total. The molecule has 78 valence electrons. The average Bonchev–Trinajstić information content (AvgIpc) is 2.74. The van der Waals surface area contributed by atoms with Gasteiger partial charge in [0.2, 0.25) is 5.78 Å². The van der Waals surface area contributed by atoms with Crippen molar-refractivity contribution < 1.29 is 0 Å². The van der Waals surface area contributed by atoms with Crippen molar-refractivity contribution in [3.05, 3.63) is 30.4 Å². The van der Waals surface area contributed by atoms with Crippen molar-refractivity contribution in [1.82, 2.24) is 19.7 Å². The van der Waals surface area contributed by atoms with Crippen LogP contribution in [0.4, 0.5) is 0 Å². The summed E-state index contributed by atoms with van der Waals surface area (Å²) in [7, 11) is 0. The van der Waals surface area contributed by atoms with E-state index in [1.54, 1.807) is 6.20 Å². The first-order valence-electron chi connectivity index (χ1n) is 5.44. The maximum absolute atomic E-state index is 4.32. The minimum absolute atomic E-state index is 0.581. The van der Waals surface area contributed by atoms with Crippen molar-refractivity contribution >= 4 is 5.78 Å². The van der Waals surface area contributed by atoms with Crippen LogP contribution in [0.15, 0.2) is 24.7 Å². The number of imidazole rings is 1. The number of nitrogens with zero attached hydrogens (tertiary/aromatic N) is 3. The molecule has 1 atom stereocenters. The molecular weight excluding hydrogens is 188 g/mol. The zero-order valence-corrected chi connectivity index (χ0v) is 8.56. The van der Waals surface area contributed by atoms with Crippen molar-refractivity contribution in [1.29, 1.82) is 0 Å². The highest BCUT2D eigenvalue weighted by Crippen LogP contribution is 2.23. The van der Waals surface area contributed by atoms with Crippen LogP contribution < -0.4 is 5.32 Å². The van der Waals surface area contributed by atoms with E-state index in [1.807, 2.05) is 18.5 Å². The summed E-state index contributed by atoms with van der Waals surface area (Å²) in [5.74, 6) is 1.39. The fourth-order valence-electron chi connectivity index (χ4n) is 2.25. The Morgan fingerprint density at radius 3 is 3.27 bits per heavy atom. The van der Waals surface area contributed by atoms with E-state index < -0.39 is 0 Å². The van der Waals surface area contributed by atoms with Gasteiger partial charge in [-0.1, -0.05) is 0 Å². The molecule has 0 aromatic carbocycles. The summed E-state index contributed by atoms with van der Waals surface area (Å²) in [4.78, 5) is 8.55. The molecule has 0 amide bonds. The van der Waals surface area contributed by atoms with Crippen molar-refractivity contribution in [2.24, 2.45) is 0 Å². The van der Waals surface area contributed by atoms with E-state index in [2.05, 4.69) is 19.7 Å². The van der Waals surface area contributed by atoms with Crippen LogP contribution in [0, 0.1) is 0 Å². The number of nitrogens with one attached hydrogen (secondary N) is 1. The summed E-state index contributed by atoms with van der Waals surface area (Å²) in [6, 6.07) is 1.95. The zero-order valence-electron chi connectivity index (χ0n) is 8.56. The largest absolute Gasteiger partial charge is 0.316 e. The fourth-order valence-corrected chi connectivity index (χ4v) is 2.25. The van der Waals surface area contributed by atoms with E-state index >= 15 is 0 Å². The van der Waals surface area contributed by atoms with Gasteiger partial charge >= 0.3 is 0 Å². The SMILES string of the molecule is c1cnc2ncc(C3CCCNC3)n2c1. The van der Waals surface area contributed by atoms with Crippen molar-refractivity contribution in [2.45, 2.75) is 18.8 Å². The number of hydrogen-bond acceptors (Lipinski definition) is 3. The molecule has 0 saturated carbocycles. The molecule has 1 unspecified atom stereocenters. The van der Waals surface area contributed by atoms with E-state index in [0.717, 1.165) is 18.9 Å². The van der Waals surface area contributed by atoms with E-state index in [1.165, 1.54) is 18.5 Å². The predicted octanol–water partition coefficient (Wildman–Crippen LogP) is 1.20. The summed E-state index contributed by atoms with van der Waals surface area (Å²) < 4.78 is 2.09. The zero-order chi connectivity index (χ0) is 10.1. The smallest absolute Gasteiger partial charge is 0.233 e. The highest BCUT2D eigenvalue weighted by Gasteiger charge is 2.18. The lowest BCUT2D eigenvalue weighted by atomic mass is 9.97. The van der Waals surface area contributed by atoms with Crippen LogP contribution in [0.2, 0.25) is 0 Å². The first-order chi connectivity index (χ1) is 7.45. The third-order valence-corrected chi connectivity index (χ3v) is 3.03. The van der Waals surface area contributed by atoms with Gasteiger partial charge in [0, 0.05) is 30.6 Å². The van der Waals surface area contributed by atoms with Gasteiger partial charge in [-0.05, 0) is 25.5 Å². The van der Waals surface area contributed by atoms with Gasteiger partial charge in [-0.2, -0.15) is 0 Å². The third-order valence-electron chi connectivity index (χ3n) is 3.03. The summed E-state index contributed by atoms with van der Waals surface area (Å²) >= 11 is 0. The van der Waals surface area contributed by atoms with Gasteiger partial charge in [-0.25, -0.2) is 9.97 Å². The van der Waals surface area contributed by atoms with Gasteiger partial charge < -0.3 is 5.32 Å². The first-order valence-corrected chi connectivity index (χ1v) is 5.44. The second-order valence-electron chi connectivity index (χ2n) is 4.02. The molecule has 4 heteroatoms. The Labute approximate surface area is 88.4 Å². The molecule has 3 heterocycles. The maximum Gasteiger partial charge on any atom is 0.233 e. The molecule has 2 aromatic heterocycles. The quantitative estimate of drug-likeness (QED) is 0.755. The maximum atomic E-state index is 4.32. The molecule has 0 spiro atoms. The second kappa shape index (κ2) is 3.62. The molecule has 15 heavy (non-hydrogen) atoms. The summed E-state index contributed by atoms with van der Waals surface area (Å²) in [6.07, 6.45) is 8.28. The summed E-state index contributed by atoms with van der Waals surface area (Å²) in [6.45, 7) is 2.20. The molecule has 1 aliphatic heterocycles. The number of hydrogen-bond donors (Lipinski definition) is 1. The normalized spacial score (nSPS) is 22.0. The Bertz CT molecular complexity index is 456. The van der Waals surface area contributed by atoms with Gasteiger partial charge in [0.25, 0.3) is 0 Å². The van der Waals surface area contributed by atoms with Gasteiger partial charge in [0.15, 0.2) is 0 Å².